The van der Waals surface area contributed by atoms with Gasteiger partial charge in [-0.3, -0.25) is 4.79 Å². The Morgan fingerprint density at radius 3 is 2.62 bits per heavy atom. The maximum absolute atomic E-state index is 12.1. The van der Waals surface area contributed by atoms with Crippen LogP contribution >= 0.6 is 11.3 Å². The number of nitrogens with two attached hydrogens (primary N) is 1. The zero-order valence-corrected chi connectivity index (χ0v) is 17.2. The number of rotatable bonds is 9. The Balaban J connectivity index is 2.00. The molecule has 4 heteroatoms. The standard InChI is InChI=1S/C22H31NO2S/c1-5-17(20-7-6-12-26-20)10-8-16-9-11-19(18(13-16)14-23)25-15-21(24)22(2,3)4/h6-7,9,11-13,17H,5,8,10,14-15,23H2,1-4H3. The topological polar surface area (TPSA) is 52.3 Å². The van der Waals surface area contributed by atoms with Crippen molar-refractivity contribution in [3.8, 4) is 5.75 Å². The highest BCUT2D eigenvalue weighted by atomic mass is 32.1. The molecule has 0 aliphatic carbocycles. The molecule has 0 fully saturated rings. The van der Waals surface area contributed by atoms with Gasteiger partial charge in [0.2, 0.25) is 0 Å². The summed E-state index contributed by atoms with van der Waals surface area (Å²) in [5.74, 6) is 1.42. The van der Waals surface area contributed by atoms with Crippen molar-refractivity contribution in [2.24, 2.45) is 11.1 Å². The van der Waals surface area contributed by atoms with E-state index in [2.05, 4.69) is 36.6 Å². The quantitative estimate of drug-likeness (QED) is 0.646. The average Bonchev–Trinajstić information content (AvgIpc) is 3.14. The van der Waals surface area contributed by atoms with Crippen LogP contribution < -0.4 is 10.5 Å². The summed E-state index contributed by atoms with van der Waals surface area (Å²) in [4.78, 5) is 13.5. The number of benzene rings is 1. The van der Waals surface area contributed by atoms with Crippen LogP contribution in [0.5, 0.6) is 5.75 Å². The average molecular weight is 374 g/mol. The lowest BCUT2D eigenvalue weighted by molar-refractivity contribution is -0.128. The molecule has 3 nitrogen and oxygen atoms in total. The second kappa shape index (κ2) is 9.33. The first-order valence-electron chi connectivity index (χ1n) is 9.36. The molecular weight excluding hydrogens is 342 g/mol. The number of carbonyl (C=O) groups excluding carboxylic acids is 1. The normalized spacial score (nSPS) is 12.8. The molecule has 0 bridgehead atoms. The van der Waals surface area contributed by atoms with E-state index in [-0.39, 0.29) is 17.8 Å². The second-order valence-corrected chi connectivity index (χ2v) is 8.75. The summed E-state index contributed by atoms with van der Waals surface area (Å²) >= 11 is 1.84. The number of Topliss-reactive ketones (excluding diaryl/α,β-unsaturated/α-hetero) is 1. The molecule has 0 aliphatic heterocycles. The van der Waals surface area contributed by atoms with Crippen molar-refractivity contribution < 1.29 is 9.53 Å². The van der Waals surface area contributed by atoms with Crippen LogP contribution in [0, 0.1) is 5.41 Å². The van der Waals surface area contributed by atoms with Gasteiger partial charge in [-0.15, -0.1) is 11.3 Å². The zero-order valence-electron chi connectivity index (χ0n) is 16.4. The minimum Gasteiger partial charge on any atom is -0.485 e. The lowest BCUT2D eigenvalue weighted by Crippen LogP contribution is -2.26. The van der Waals surface area contributed by atoms with Gasteiger partial charge < -0.3 is 10.5 Å². The number of hydrogen-bond acceptors (Lipinski definition) is 4. The number of carbonyl (C=O) groups is 1. The third kappa shape index (κ3) is 5.68. The van der Waals surface area contributed by atoms with Gasteiger partial charge in [0.25, 0.3) is 0 Å². The highest BCUT2D eigenvalue weighted by Gasteiger charge is 2.22. The number of ketones is 1. The Bertz CT molecular complexity index is 701. The van der Waals surface area contributed by atoms with Crippen molar-refractivity contribution in [1.29, 1.82) is 0 Å². The van der Waals surface area contributed by atoms with Crippen molar-refractivity contribution in [3.05, 3.63) is 51.7 Å². The summed E-state index contributed by atoms with van der Waals surface area (Å²) in [7, 11) is 0. The lowest BCUT2D eigenvalue weighted by atomic mass is 9.91. The molecule has 1 aromatic heterocycles. The molecule has 142 valence electrons. The smallest absolute Gasteiger partial charge is 0.175 e. The minimum absolute atomic E-state index is 0.0892. The fourth-order valence-electron chi connectivity index (χ4n) is 2.86. The van der Waals surface area contributed by atoms with Gasteiger partial charge in [-0.25, -0.2) is 0 Å². The molecule has 1 heterocycles. The summed E-state index contributed by atoms with van der Waals surface area (Å²) < 4.78 is 5.75. The molecule has 1 atom stereocenters. The van der Waals surface area contributed by atoms with Crippen LogP contribution in [0.1, 0.15) is 62.5 Å². The van der Waals surface area contributed by atoms with Crippen LogP contribution in [0.4, 0.5) is 0 Å². The van der Waals surface area contributed by atoms with E-state index in [1.807, 2.05) is 38.2 Å². The first-order valence-corrected chi connectivity index (χ1v) is 10.2. The van der Waals surface area contributed by atoms with E-state index in [0.717, 1.165) is 30.6 Å². The van der Waals surface area contributed by atoms with Gasteiger partial charge in [0, 0.05) is 22.4 Å². The predicted octanol–water partition coefficient (Wildman–Crippen LogP) is 5.33. The Hall–Kier alpha value is -1.65. The summed E-state index contributed by atoms with van der Waals surface area (Å²) in [5, 5.41) is 2.15. The van der Waals surface area contributed by atoms with E-state index in [0.29, 0.717) is 12.5 Å². The molecule has 0 saturated heterocycles. The Kier molecular flexibility index (Phi) is 7.42. The van der Waals surface area contributed by atoms with E-state index >= 15 is 0 Å². The maximum Gasteiger partial charge on any atom is 0.175 e. The minimum atomic E-state index is -0.389. The summed E-state index contributed by atoms with van der Waals surface area (Å²) in [6, 6.07) is 10.5. The highest BCUT2D eigenvalue weighted by molar-refractivity contribution is 7.10. The van der Waals surface area contributed by atoms with Crippen molar-refractivity contribution in [2.75, 3.05) is 6.61 Å². The van der Waals surface area contributed by atoms with Gasteiger partial charge in [0.15, 0.2) is 5.78 Å². The number of thiophene rings is 1. The molecule has 2 aromatic rings. The molecular formula is C22H31NO2S. The fraction of sp³-hybridized carbons (Fsp3) is 0.500. The Labute approximate surface area is 161 Å². The van der Waals surface area contributed by atoms with Gasteiger partial charge in [0.1, 0.15) is 12.4 Å². The second-order valence-electron chi connectivity index (χ2n) is 7.77. The van der Waals surface area contributed by atoms with Gasteiger partial charge in [-0.1, -0.05) is 45.9 Å². The summed E-state index contributed by atoms with van der Waals surface area (Å²) in [5.41, 5.74) is 7.76. The monoisotopic (exact) mass is 373 g/mol. The highest BCUT2D eigenvalue weighted by Crippen LogP contribution is 2.29. The van der Waals surface area contributed by atoms with Crippen LogP contribution in [0.15, 0.2) is 35.7 Å². The van der Waals surface area contributed by atoms with Crippen LogP contribution in [-0.4, -0.2) is 12.4 Å². The van der Waals surface area contributed by atoms with E-state index in [4.69, 9.17) is 10.5 Å². The maximum atomic E-state index is 12.1. The molecule has 2 N–H and O–H groups in total. The van der Waals surface area contributed by atoms with E-state index in [1.165, 1.54) is 10.4 Å². The molecule has 0 aliphatic rings. The predicted molar refractivity (Wildman–Crippen MR) is 110 cm³/mol. The van der Waals surface area contributed by atoms with Gasteiger partial charge in [0.05, 0.1) is 0 Å². The first-order chi connectivity index (χ1) is 12.3. The largest absolute Gasteiger partial charge is 0.485 e. The third-order valence-electron chi connectivity index (χ3n) is 4.76. The van der Waals surface area contributed by atoms with Crippen LogP contribution in [0.3, 0.4) is 0 Å². The molecule has 0 spiro atoms. The van der Waals surface area contributed by atoms with E-state index in [9.17, 15) is 4.79 Å². The first kappa shape index (κ1) is 20.7. The van der Waals surface area contributed by atoms with Gasteiger partial charge in [-0.05, 0) is 48.3 Å². The van der Waals surface area contributed by atoms with Crippen molar-refractivity contribution >= 4 is 17.1 Å². The number of hydrogen-bond donors (Lipinski definition) is 1. The SMILES string of the molecule is CCC(CCc1ccc(OCC(=O)C(C)(C)C)c(CN)c1)c1cccs1. The molecule has 0 saturated carbocycles. The Morgan fingerprint density at radius 2 is 2.04 bits per heavy atom. The van der Waals surface area contributed by atoms with Crippen molar-refractivity contribution in [1.82, 2.24) is 0 Å². The summed E-state index contributed by atoms with van der Waals surface area (Å²) in [6.07, 6.45) is 3.30. The Morgan fingerprint density at radius 1 is 1.27 bits per heavy atom. The van der Waals surface area contributed by atoms with Crippen molar-refractivity contribution in [3.63, 3.8) is 0 Å². The lowest BCUT2D eigenvalue weighted by Gasteiger charge is -2.18. The van der Waals surface area contributed by atoms with Crippen LogP contribution in [0.2, 0.25) is 0 Å². The molecule has 1 unspecified atom stereocenters. The van der Waals surface area contributed by atoms with E-state index in [1.54, 1.807) is 0 Å². The number of aryl methyl sites for hydroxylation is 1. The zero-order chi connectivity index (χ0) is 19.2. The van der Waals surface area contributed by atoms with Gasteiger partial charge in [-0.2, -0.15) is 0 Å². The fourth-order valence-corrected chi connectivity index (χ4v) is 3.81. The summed E-state index contributed by atoms with van der Waals surface area (Å²) in [6.45, 7) is 8.47. The molecule has 0 radical (unpaired) electrons. The van der Waals surface area contributed by atoms with Crippen LogP contribution in [-0.2, 0) is 17.8 Å². The third-order valence-corrected chi connectivity index (χ3v) is 5.79. The molecule has 2 rings (SSSR count). The van der Waals surface area contributed by atoms with Gasteiger partial charge >= 0.3 is 0 Å². The van der Waals surface area contributed by atoms with Crippen LogP contribution in [0.25, 0.3) is 0 Å². The van der Waals surface area contributed by atoms with Crippen molar-refractivity contribution in [2.45, 2.75) is 59.4 Å². The number of ether oxygens (including phenoxy) is 1. The molecule has 1 aromatic carbocycles. The molecule has 26 heavy (non-hydrogen) atoms. The molecule has 0 amide bonds. The van der Waals surface area contributed by atoms with E-state index < -0.39 is 0 Å².